The van der Waals surface area contributed by atoms with Crippen LogP contribution in [0.1, 0.15) is 38.7 Å². The van der Waals surface area contributed by atoms with E-state index in [1.165, 1.54) is 0 Å². The van der Waals surface area contributed by atoms with E-state index in [0.717, 1.165) is 24.7 Å². The zero-order valence-corrected chi connectivity index (χ0v) is 17.2. The van der Waals surface area contributed by atoms with E-state index in [1.54, 1.807) is 0 Å². The van der Waals surface area contributed by atoms with Crippen LogP contribution < -0.4 is 9.44 Å². The molecule has 3 unspecified atom stereocenters. The van der Waals surface area contributed by atoms with Crippen LogP contribution in [-0.2, 0) is 26.6 Å². The Morgan fingerprint density at radius 3 is 2.35 bits per heavy atom. The summed E-state index contributed by atoms with van der Waals surface area (Å²) in [6.45, 7) is 4.41. The first kappa shape index (κ1) is 19.8. The molecule has 0 aromatic heterocycles. The van der Waals surface area contributed by atoms with Crippen LogP contribution in [0.3, 0.4) is 0 Å². The Morgan fingerprint density at radius 2 is 1.77 bits per heavy atom. The highest BCUT2D eigenvalue weighted by Crippen LogP contribution is 2.66. The lowest BCUT2D eigenvalue weighted by Gasteiger charge is -2.42. The Morgan fingerprint density at radius 1 is 1.12 bits per heavy atom. The van der Waals surface area contributed by atoms with Gasteiger partial charge in [0.25, 0.3) is 0 Å². The summed E-state index contributed by atoms with van der Waals surface area (Å²) in [5.41, 5.74) is 0.0921. The third-order valence-corrected chi connectivity index (χ3v) is 8.76. The van der Waals surface area contributed by atoms with Crippen molar-refractivity contribution in [2.24, 2.45) is 16.7 Å². The second kappa shape index (κ2) is 6.58. The van der Waals surface area contributed by atoms with Gasteiger partial charge in [-0.25, -0.2) is 26.3 Å². The third-order valence-electron chi connectivity index (χ3n) is 6.57. The molecule has 146 valence electrons. The molecule has 0 radical (unpaired) electrons. The lowest BCUT2D eigenvalue weighted by molar-refractivity contribution is 0.133. The van der Waals surface area contributed by atoms with Crippen molar-refractivity contribution in [3.8, 4) is 0 Å². The average Bonchev–Trinajstić information content (AvgIpc) is 2.87. The van der Waals surface area contributed by atoms with Crippen LogP contribution in [0.25, 0.3) is 0 Å². The summed E-state index contributed by atoms with van der Waals surface area (Å²) in [6.07, 6.45) is 3.52. The molecule has 8 heteroatoms. The molecular formula is C18H28N2O4S2. The van der Waals surface area contributed by atoms with Crippen molar-refractivity contribution in [2.45, 2.75) is 45.7 Å². The van der Waals surface area contributed by atoms with Gasteiger partial charge in [-0.3, -0.25) is 0 Å². The Kier molecular flexibility index (Phi) is 5.01. The van der Waals surface area contributed by atoms with E-state index in [9.17, 15) is 16.8 Å². The second-order valence-electron chi connectivity index (χ2n) is 8.36. The fourth-order valence-electron chi connectivity index (χ4n) is 5.02. The summed E-state index contributed by atoms with van der Waals surface area (Å²) in [5.74, 6) is 0.287. The van der Waals surface area contributed by atoms with E-state index in [4.69, 9.17) is 0 Å². The maximum Gasteiger partial charge on any atom is 0.212 e. The highest BCUT2D eigenvalue weighted by atomic mass is 32.2. The fourth-order valence-corrected chi connectivity index (χ4v) is 7.75. The topological polar surface area (TPSA) is 92.3 Å². The average molecular weight is 401 g/mol. The third kappa shape index (κ3) is 3.69. The Hall–Kier alpha value is -0.960. The molecule has 0 heterocycles. The monoisotopic (exact) mass is 400 g/mol. The smallest absolute Gasteiger partial charge is 0.212 e. The molecule has 3 rings (SSSR count). The van der Waals surface area contributed by atoms with Crippen LogP contribution >= 0.6 is 0 Å². The molecule has 2 fully saturated rings. The predicted octanol–water partition coefficient (Wildman–Crippen LogP) is 1.85. The molecular weight excluding hydrogens is 372 g/mol. The van der Waals surface area contributed by atoms with Gasteiger partial charge in [0.05, 0.1) is 12.0 Å². The van der Waals surface area contributed by atoms with Gasteiger partial charge in [0.1, 0.15) is 0 Å². The maximum atomic E-state index is 12.9. The standard InChI is InChI=1S/C18H28N2O4S2/c1-17(2)15-9-10-18(17,16(11-15)20-25(3,21)22)13-26(23,24)19-12-14-7-5-4-6-8-14/h4-8,15-16,19-20H,9-13H2,1-3H3. The molecule has 1 aromatic carbocycles. The van der Waals surface area contributed by atoms with Crippen molar-refractivity contribution >= 4 is 20.0 Å². The molecule has 2 aliphatic rings. The van der Waals surface area contributed by atoms with E-state index in [0.29, 0.717) is 12.3 Å². The molecule has 2 bridgehead atoms. The van der Waals surface area contributed by atoms with Crippen molar-refractivity contribution in [1.82, 2.24) is 9.44 Å². The van der Waals surface area contributed by atoms with Gasteiger partial charge in [-0.2, -0.15) is 0 Å². The minimum atomic E-state index is -3.55. The molecule has 26 heavy (non-hydrogen) atoms. The number of hydrogen-bond acceptors (Lipinski definition) is 4. The second-order valence-corrected chi connectivity index (χ2v) is 11.9. The van der Waals surface area contributed by atoms with Crippen LogP contribution in [0.2, 0.25) is 0 Å². The Labute approximate surface area is 156 Å². The molecule has 0 spiro atoms. The summed E-state index contributed by atoms with van der Waals surface area (Å²) in [5, 5.41) is 0. The lowest BCUT2D eigenvalue weighted by atomic mass is 9.69. The minimum absolute atomic E-state index is 0.0521. The highest BCUT2D eigenvalue weighted by Gasteiger charge is 2.65. The van der Waals surface area contributed by atoms with Gasteiger partial charge in [-0.15, -0.1) is 0 Å². The van der Waals surface area contributed by atoms with Crippen LogP contribution in [0.15, 0.2) is 30.3 Å². The van der Waals surface area contributed by atoms with Gasteiger partial charge < -0.3 is 0 Å². The molecule has 0 aliphatic heterocycles. The van der Waals surface area contributed by atoms with Gasteiger partial charge >= 0.3 is 0 Å². The van der Waals surface area contributed by atoms with Gasteiger partial charge in [0.15, 0.2) is 0 Å². The quantitative estimate of drug-likeness (QED) is 0.731. The number of sulfonamides is 2. The highest BCUT2D eigenvalue weighted by molar-refractivity contribution is 7.89. The number of fused-ring (bicyclic) bond motifs is 2. The van der Waals surface area contributed by atoms with Crippen molar-refractivity contribution < 1.29 is 16.8 Å². The lowest BCUT2D eigenvalue weighted by Crippen LogP contribution is -2.53. The minimum Gasteiger partial charge on any atom is -0.213 e. The van der Waals surface area contributed by atoms with Crippen molar-refractivity contribution in [1.29, 1.82) is 0 Å². The number of nitrogens with one attached hydrogen (secondary N) is 2. The summed E-state index contributed by atoms with van der Waals surface area (Å²) < 4.78 is 54.8. The molecule has 2 N–H and O–H groups in total. The molecule has 3 atom stereocenters. The largest absolute Gasteiger partial charge is 0.213 e. The van der Waals surface area contributed by atoms with Crippen molar-refractivity contribution in [3.63, 3.8) is 0 Å². The summed E-state index contributed by atoms with van der Waals surface area (Å²) in [6, 6.07) is 9.05. The summed E-state index contributed by atoms with van der Waals surface area (Å²) >= 11 is 0. The molecule has 0 amide bonds. The molecule has 6 nitrogen and oxygen atoms in total. The SMILES string of the molecule is CC1(C)C2CCC1(CS(=O)(=O)NCc1ccccc1)C(NS(C)(=O)=O)C2. The molecule has 2 aliphatic carbocycles. The summed E-state index contributed by atoms with van der Waals surface area (Å²) in [7, 11) is -6.95. The predicted molar refractivity (Wildman–Crippen MR) is 102 cm³/mol. The summed E-state index contributed by atoms with van der Waals surface area (Å²) in [4.78, 5) is 0. The first-order valence-corrected chi connectivity index (χ1v) is 12.5. The van der Waals surface area contributed by atoms with Crippen LogP contribution in [0, 0.1) is 16.7 Å². The molecule has 2 saturated carbocycles. The first-order valence-electron chi connectivity index (χ1n) is 8.94. The van der Waals surface area contributed by atoms with Crippen molar-refractivity contribution in [3.05, 3.63) is 35.9 Å². The maximum absolute atomic E-state index is 12.9. The Balaban J connectivity index is 1.82. The van der Waals surface area contributed by atoms with Crippen LogP contribution in [-0.4, -0.2) is 34.9 Å². The number of benzene rings is 1. The van der Waals surface area contributed by atoms with E-state index in [2.05, 4.69) is 23.3 Å². The van der Waals surface area contributed by atoms with Gasteiger partial charge in [0.2, 0.25) is 20.0 Å². The van der Waals surface area contributed by atoms with Gasteiger partial charge in [-0.1, -0.05) is 44.2 Å². The normalized spacial score (nSPS) is 30.6. The van der Waals surface area contributed by atoms with Gasteiger partial charge in [0, 0.05) is 18.0 Å². The van der Waals surface area contributed by atoms with E-state index in [-0.39, 0.29) is 23.8 Å². The number of hydrogen-bond donors (Lipinski definition) is 2. The zero-order chi connectivity index (χ0) is 19.2. The van der Waals surface area contributed by atoms with E-state index < -0.39 is 25.5 Å². The molecule has 0 saturated heterocycles. The van der Waals surface area contributed by atoms with E-state index >= 15 is 0 Å². The van der Waals surface area contributed by atoms with Crippen LogP contribution in [0.5, 0.6) is 0 Å². The molecule has 1 aromatic rings. The van der Waals surface area contributed by atoms with Crippen LogP contribution in [0.4, 0.5) is 0 Å². The van der Waals surface area contributed by atoms with Gasteiger partial charge in [-0.05, 0) is 36.2 Å². The zero-order valence-electron chi connectivity index (χ0n) is 15.5. The Bertz CT molecular complexity index is 866. The van der Waals surface area contributed by atoms with Crippen molar-refractivity contribution in [2.75, 3.05) is 12.0 Å². The fraction of sp³-hybridized carbons (Fsp3) is 0.667. The number of rotatable bonds is 7. The van der Waals surface area contributed by atoms with E-state index in [1.807, 2.05) is 30.3 Å². The first-order chi connectivity index (χ1) is 12.0.